The van der Waals surface area contributed by atoms with Crippen LogP contribution in [0, 0.1) is 5.92 Å². The zero-order valence-electron chi connectivity index (χ0n) is 35.7. The Hall–Kier alpha value is -4.84. The lowest BCUT2D eigenvalue weighted by molar-refractivity contribution is -0.149. The maximum atomic E-state index is 15.5. The molecule has 59 heavy (non-hydrogen) atoms. The van der Waals surface area contributed by atoms with Gasteiger partial charge >= 0.3 is 0 Å². The molecule has 1 N–H and O–H groups in total. The number of likely N-dealkylation sites (tertiary alicyclic amines) is 1. The predicted molar refractivity (Wildman–Crippen MR) is 237 cm³/mol. The summed E-state index contributed by atoms with van der Waals surface area (Å²) < 4.78 is 12.9. The van der Waals surface area contributed by atoms with Gasteiger partial charge in [-0.2, -0.15) is 5.10 Å². The average molecular weight is 817 g/mol. The van der Waals surface area contributed by atoms with Gasteiger partial charge in [0, 0.05) is 37.4 Å². The molecular weight excluding hydrogens is 757 g/mol. The topological polar surface area (TPSA) is 112 Å². The average Bonchev–Trinajstić information content (AvgIpc) is 3.90. The highest BCUT2D eigenvalue weighted by Gasteiger charge is 2.66. The van der Waals surface area contributed by atoms with Gasteiger partial charge in [0.2, 0.25) is 11.8 Å². The number of nitrogens with zero attached hydrogens (tertiary/aromatic N) is 4. The summed E-state index contributed by atoms with van der Waals surface area (Å²) in [5.74, 6) is 0.0878. The smallest absolute Gasteiger partial charge is 0.264 e. The largest absolute Gasteiger partial charge is 0.497 e. The van der Waals surface area contributed by atoms with Crippen molar-refractivity contribution in [2.24, 2.45) is 11.0 Å². The van der Waals surface area contributed by atoms with Crippen LogP contribution in [0.2, 0.25) is 18.6 Å². The molecule has 5 atom stereocenters. The molecule has 0 radical (unpaired) electrons. The number of allylic oxidation sites excluding steroid dienone is 3. The summed E-state index contributed by atoms with van der Waals surface area (Å²) in [6.45, 7) is 13.9. The van der Waals surface area contributed by atoms with Crippen LogP contribution in [0.15, 0.2) is 101 Å². The third-order valence-electron chi connectivity index (χ3n) is 13.2. The highest BCUT2D eigenvalue weighted by atomic mass is 28.3. The number of carbonyl (C=O) groups excluding carboxylic acids is 3. The van der Waals surface area contributed by atoms with E-state index in [1.807, 2.05) is 65.6 Å². The third-order valence-corrected chi connectivity index (χ3v) is 17.6. The van der Waals surface area contributed by atoms with E-state index in [1.165, 1.54) is 21.3 Å². The van der Waals surface area contributed by atoms with E-state index in [1.54, 1.807) is 12.0 Å². The summed E-state index contributed by atoms with van der Waals surface area (Å²) in [5, 5.41) is 17.7. The molecule has 7 rings (SSSR count). The number of aliphatic hydroxyl groups excluding tert-OH is 1. The van der Waals surface area contributed by atoms with E-state index in [0.29, 0.717) is 37.2 Å². The van der Waals surface area contributed by atoms with E-state index < -0.39 is 19.8 Å². The zero-order chi connectivity index (χ0) is 42.1. The van der Waals surface area contributed by atoms with Gasteiger partial charge in [-0.05, 0) is 87.9 Å². The molecule has 0 unspecified atom stereocenters. The number of benzene rings is 3. The molecule has 0 saturated carbocycles. The SMILES string of the molecule is COc1ccc([Si](C)(C)[C@H]2[C@H](CC(=O)N3CCC[C@H]3CO)O[C@@]3(C(=O)N(C/C=C(\C)CCC=C(C)C)c4ccc(N5N=C(c6ccccc6)CCC5=O)cc43)[C@@H]2C)cc1. The molecule has 10 nitrogen and oxygen atoms in total. The molecule has 11 heteroatoms. The summed E-state index contributed by atoms with van der Waals surface area (Å²) in [7, 11) is -0.891. The number of rotatable bonds is 13. The van der Waals surface area contributed by atoms with Crippen LogP contribution in [-0.2, 0) is 24.7 Å². The van der Waals surface area contributed by atoms with Crippen LogP contribution in [-0.4, -0.2) is 80.5 Å². The van der Waals surface area contributed by atoms with E-state index in [4.69, 9.17) is 14.6 Å². The molecule has 3 amide bonds. The van der Waals surface area contributed by atoms with Crippen molar-refractivity contribution in [1.82, 2.24) is 4.90 Å². The van der Waals surface area contributed by atoms with Crippen LogP contribution in [0.4, 0.5) is 11.4 Å². The lowest BCUT2D eigenvalue weighted by Crippen LogP contribution is -2.52. The molecule has 312 valence electrons. The maximum Gasteiger partial charge on any atom is 0.264 e. The zero-order valence-corrected chi connectivity index (χ0v) is 36.7. The second kappa shape index (κ2) is 17.4. The Balaban J connectivity index is 1.34. The van der Waals surface area contributed by atoms with Gasteiger partial charge in [0.25, 0.3) is 5.91 Å². The Morgan fingerprint density at radius 1 is 1.02 bits per heavy atom. The van der Waals surface area contributed by atoms with E-state index >= 15 is 4.79 Å². The van der Waals surface area contributed by atoms with E-state index in [9.17, 15) is 14.7 Å². The Bertz CT molecular complexity index is 2150. The molecule has 0 aromatic heterocycles. The van der Waals surface area contributed by atoms with Crippen LogP contribution in [0.25, 0.3) is 0 Å². The molecule has 4 aliphatic heterocycles. The highest BCUT2D eigenvalue weighted by molar-refractivity contribution is 6.91. The molecule has 3 aromatic carbocycles. The standard InChI is InChI=1S/C48H60N4O6Si/c1-32(2)13-11-14-33(3)26-28-51-42-24-18-36(52-44(54)25-23-41(49-52)35-15-9-8-10-16-35)29-40(42)48(47(51)56)34(4)46(59(6,7)39-21-19-38(57-5)20-22-39)43(58-48)30-45(55)50-27-12-17-37(50)31-53/h8-10,13,15-16,18-22,24,26,29,34,37,43,46,53H,11-12,14,17,23,25,27-28,30-31H2,1-7H3/b33-26+/t34-,37+,43+,46-,48+/m1/s1. The monoisotopic (exact) mass is 816 g/mol. The number of hydrazone groups is 1. The minimum Gasteiger partial charge on any atom is -0.497 e. The van der Waals surface area contributed by atoms with Crippen LogP contribution in [0.1, 0.15) is 83.8 Å². The molecule has 2 fully saturated rings. The second-order valence-electron chi connectivity index (χ2n) is 17.5. The first-order valence-electron chi connectivity index (χ1n) is 21.2. The van der Waals surface area contributed by atoms with Crippen molar-refractivity contribution in [3.05, 3.63) is 107 Å². The third kappa shape index (κ3) is 8.09. The number of aliphatic hydroxyl groups is 1. The first kappa shape index (κ1) is 42.3. The number of fused-ring (bicyclic) bond motifs is 2. The molecule has 3 aromatic rings. The number of hydrogen-bond donors (Lipinski definition) is 1. The fourth-order valence-corrected chi connectivity index (χ4v) is 14.0. The van der Waals surface area contributed by atoms with Gasteiger partial charge in [0.1, 0.15) is 5.75 Å². The summed E-state index contributed by atoms with van der Waals surface area (Å²) >= 11 is 0. The molecule has 2 saturated heterocycles. The number of amides is 3. The maximum absolute atomic E-state index is 15.5. The van der Waals surface area contributed by atoms with E-state index in [-0.39, 0.29) is 48.3 Å². The lowest BCUT2D eigenvalue weighted by Gasteiger charge is -2.37. The molecule has 4 heterocycles. The van der Waals surface area contributed by atoms with Gasteiger partial charge in [0.05, 0.1) is 57.4 Å². The minimum atomic E-state index is -2.55. The summed E-state index contributed by atoms with van der Waals surface area (Å²) in [5.41, 5.74) is 4.69. The predicted octanol–water partition coefficient (Wildman–Crippen LogP) is 7.86. The minimum absolute atomic E-state index is 0.0618. The van der Waals surface area contributed by atoms with Crippen molar-refractivity contribution in [2.75, 3.05) is 36.7 Å². The Morgan fingerprint density at radius 2 is 1.76 bits per heavy atom. The number of anilines is 2. The quantitative estimate of drug-likeness (QED) is 0.139. The van der Waals surface area contributed by atoms with Gasteiger partial charge in [0.15, 0.2) is 5.60 Å². The Labute approximate surface area is 350 Å². The first-order valence-corrected chi connectivity index (χ1v) is 24.3. The van der Waals surface area contributed by atoms with Gasteiger partial charge in [-0.3, -0.25) is 14.4 Å². The number of hydrogen-bond acceptors (Lipinski definition) is 7. The van der Waals surface area contributed by atoms with Crippen LogP contribution in [0.3, 0.4) is 0 Å². The number of carbonyl (C=O) groups is 3. The summed E-state index contributed by atoms with van der Waals surface area (Å²) in [4.78, 5) is 47.1. The highest BCUT2D eigenvalue weighted by Crippen LogP contribution is 2.60. The van der Waals surface area contributed by atoms with Crippen molar-refractivity contribution < 1.29 is 29.0 Å². The van der Waals surface area contributed by atoms with Crippen molar-refractivity contribution in [1.29, 1.82) is 0 Å². The van der Waals surface area contributed by atoms with Crippen molar-refractivity contribution in [3.8, 4) is 5.75 Å². The number of methoxy groups -OCH3 is 1. The van der Waals surface area contributed by atoms with Crippen LogP contribution < -0.4 is 19.8 Å². The molecule has 0 aliphatic carbocycles. The Kier molecular flexibility index (Phi) is 12.5. The van der Waals surface area contributed by atoms with Gasteiger partial charge in [-0.1, -0.05) is 91.0 Å². The molecule has 0 bridgehead atoms. The molecular formula is C48H60N4O6Si. The van der Waals surface area contributed by atoms with Gasteiger partial charge in [-0.15, -0.1) is 0 Å². The van der Waals surface area contributed by atoms with Gasteiger partial charge in [-0.25, -0.2) is 5.01 Å². The lowest BCUT2D eigenvalue weighted by atomic mass is 9.82. The van der Waals surface area contributed by atoms with Crippen molar-refractivity contribution >= 4 is 48.1 Å². The van der Waals surface area contributed by atoms with Crippen molar-refractivity contribution in [3.63, 3.8) is 0 Å². The van der Waals surface area contributed by atoms with E-state index in [2.05, 4.69) is 65.1 Å². The van der Waals surface area contributed by atoms with E-state index in [0.717, 1.165) is 48.4 Å². The Morgan fingerprint density at radius 3 is 2.46 bits per heavy atom. The fourth-order valence-electron chi connectivity index (χ4n) is 9.99. The fraction of sp³-hybridized carbons (Fsp3) is 0.458. The first-order chi connectivity index (χ1) is 28.3. The summed E-state index contributed by atoms with van der Waals surface area (Å²) in [6.07, 6.45) is 8.14. The van der Waals surface area contributed by atoms with Gasteiger partial charge < -0.3 is 24.4 Å². The summed E-state index contributed by atoms with van der Waals surface area (Å²) in [6, 6.07) is 23.6. The van der Waals surface area contributed by atoms with Crippen LogP contribution in [0.5, 0.6) is 5.75 Å². The molecule has 4 aliphatic rings. The van der Waals surface area contributed by atoms with Crippen LogP contribution >= 0.6 is 0 Å². The number of ether oxygens (including phenoxy) is 2. The van der Waals surface area contributed by atoms with Crippen molar-refractivity contribution in [2.45, 2.75) is 109 Å². The normalized spacial score (nSPS) is 24.5. The molecule has 1 spiro atoms. The second-order valence-corrected chi connectivity index (χ2v) is 22.2.